The largest absolute Gasteiger partial charge is 0.462 e. The van der Waals surface area contributed by atoms with Gasteiger partial charge in [0.2, 0.25) is 0 Å². The molecule has 4 saturated carbocycles. The first-order chi connectivity index (χ1) is 24.7. The third kappa shape index (κ3) is 6.93. The first kappa shape index (κ1) is 39.9. The van der Waals surface area contributed by atoms with Crippen LogP contribution in [0.15, 0.2) is 0 Å². The topological polar surface area (TPSA) is 130 Å². The van der Waals surface area contributed by atoms with Crippen LogP contribution in [0.4, 0.5) is 0 Å². The highest BCUT2D eigenvalue weighted by molar-refractivity contribution is 5.76. The first-order valence-electron chi connectivity index (χ1n) is 21.0. The lowest BCUT2D eigenvalue weighted by Crippen LogP contribution is -2.62. The van der Waals surface area contributed by atoms with E-state index in [9.17, 15) is 19.8 Å². The van der Waals surface area contributed by atoms with Gasteiger partial charge in [0.1, 0.15) is 24.9 Å². The Labute approximate surface area is 318 Å². The molecular formula is C43H70O10. The molecule has 302 valence electrons. The van der Waals surface area contributed by atoms with Crippen molar-refractivity contribution in [2.75, 3.05) is 13.2 Å². The second-order valence-corrected chi connectivity index (χ2v) is 21.2. The standard InChI is InChI=1S/C43H70O10/c1-23-13-18-43(49-21-23)24(2)32-30(53-43)20-29-27-12-11-25-19-26(14-16-41(25,9)28(27)15-17-42(29,32)10)50-36-34(45)35(52-38(47)40(6,7)8)33(44)31(51-36)22-48-37(46)39(3,4)5/h23-36,44-45H,11-22H2,1-10H3/t23-,24+,25+,26+,27-,28+,29+,30+,31-,32+,33-,34-,35+,36-,41+,42+,43-/m1/s1. The molecule has 10 nitrogen and oxygen atoms in total. The van der Waals surface area contributed by atoms with Crippen LogP contribution in [0.25, 0.3) is 0 Å². The Morgan fingerprint density at radius 2 is 1.51 bits per heavy atom. The molecule has 1 spiro atoms. The van der Waals surface area contributed by atoms with Gasteiger partial charge in [0.15, 0.2) is 18.2 Å². The van der Waals surface area contributed by atoms with Crippen LogP contribution >= 0.6 is 0 Å². The van der Waals surface area contributed by atoms with Gasteiger partial charge in [0.05, 0.1) is 29.6 Å². The number of carbonyl (C=O) groups excluding carboxylic acids is 2. The summed E-state index contributed by atoms with van der Waals surface area (Å²) >= 11 is 0. The number of carbonyl (C=O) groups is 2. The highest BCUT2D eigenvalue weighted by Gasteiger charge is 2.69. The lowest BCUT2D eigenvalue weighted by atomic mass is 9.44. The van der Waals surface area contributed by atoms with Crippen molar-refractivity contribution >= 4 is 11.9 Å². The fraction of sp³-hybridized carbons (Fsp3) is 0.953. The van der Waals surface area contributed by atoms with Crippen molar-refractivity contribution in [3.05, 3.63) is 0 Å². The zero-order valence-corrected chi connectivity index (χ0v) is 34.2. The van der Waals surface area contributed by atoms with E-state index in [2.05, 4.69) is 27.7 Å². The summed E-state index contributed by atoms with van der Waals surface area (Å²) in [5.41, 5.74) is -1.09. The molecule has 7 aliphatic rings. The van der Waals surface area contributed by atoms with E-state index in [4.69, 9.17) is 28.4 Å². The quantitative estimate of drug-likeness (QED) is 0.229. The molecule has 53 heavy (non-hydrogen) atoms. The van der Waals surface area contributed by atoms with E-state index in [0.29, 0.717) is 47.5 Å². The molecule has 0 unspecified atom stereocenters. The number of esters is 2. The van der Waals surface area contributed by atoms with E-state index in [0.717, 1.165) is 45.1 Å². The van der Waals surface area contributed by atoms with E-state index < -0.39 is 53.5 Å². The molecular weight excluding hydrogens is 676 g/mol. The third-order valence-electron chi connectivity index (χ3n) is 15.7. The van der Waals surface area contributed by atoms with Crippen LogP contribution in [0, 0.1) is 63.1 Å². The molecule has 3 heterocycles. The first-order valence-corrected chi connectivity index (χ1v) is 21.0. The van der Waals surface area contributed by atoms with Gasteiger partial charge in [-0.05, 0) is 146 Å². The monoisotopic (exact) mass is 746 g/mol. The van der Waals surface area contributed by atoms with Gasteiger partial charge in [-0.2, -0.15) is 0 Å². The predicted molar refractivity (Wildman–Crippen MR) is 197 cm³/mol. The number of aliphatic hydroxyl groups excluding tert-OH is 2. The number of rotatable bonds is 5. The lowest BCUT2D eigenvalue weighted by molar-refractivity contribution is -0.319. The van der Waals surface area contributed by atoms with E-state index >= 15 is 0 Å². The second-order valence-electron chi connectivity index (χ2n) is 21.2. The molecule has 0 aromatic heterocycles. The predicted octanol–water partition coefficient (Wildman–Crippen LogP) is 6.81. The second kappa shape index (κ2) is 14.0. The molecule has 0 aromatic rings. The molecule has 7 rings (SSSR count). The van der Waals surface area contributed by atoms with Crippen LogP contribution < -0.4 is 0 Å². The third-order valence-corrected chi connectivity index (χ3v) is 15.7. The minimum atomic E-state index is -1.40. The number of aliphatic hydroxyl groups is 2. The van der Waals surface area contributed by atoms with Crippen molar-refractivity contribution in [2.45, 2.75) is 182 Å². The molecule has 4 aliphatic carbocycles. The van der Waals surface area contributed by atoms with Crippen molar-refractivity contribution in [3.63, 3.8) is 0 Å². The number of ether oxygens (including phenoxy) is 6. The minimum absolute atomic E-state index is 0.153. The molecule has 0 bridgehead atoms. The van der Waals surface area contributed by atoms with Crippen LogP contribution in [0.2, 0.25) is 0 Å². The van der Waals surface area contributed by atoms with Crippen LogP contribution in [0.1, 0.15) is 133 Å². The Balaban J connectivity index is 1.02. The molecule has 3 aliphatic heterocycles. The molecule has 10 heteroatoms. The Morgan fingerprint density at radius 1 is 0.811 bits per heavy atom. The lowest BCUT2D eigenvalue weighted by Gasteiger charge is -2.61. The highest BCUT2D eigenvalue weighted by atomic mass is 16.7. The smallest absolute Gasteiger partial charge is 0.311 e. The maximum absolute atomic E-state index is 13.0. The summed E-state index contributed by atoms with van der Waals surface area (Å²) in [5.74, 6) is 2.77. The van der Waals surface area contributed by atoms with Crippen molar-refractivity contribution in [1.82, 2.24) is 0 Å². The fourth-order valence-electron chi connectivity index (χ4n) is 12.5. The van der Waals surface area contributed by atoms with Crippen LogP contribution in [-0.4, -0.2) is 84.1 Å². The zero-order valence-electron chi connectivity index (χ0n) is 34.2. The van der Waals surface area contributed by atoms with Gasteiger partial charge in [-0.25, -0.2) is 0 Å². The van der Waals surface area contributed by atoms with Crippen molar-refractivity contribution < 1.29 is 48.2 Å². The van der Waals surface area contributed by atoms with E-state index in [-0.39, 0.29) is 29.3 Å². The molecule has 0 radical (unpaired) electrons. The Morgan fingerprint density at radius 3 is 2.17 bits per heavy atom. The summed E-state index contributed by atoms with van der Waals surface area (Å²) in [4.78, 5) is 25.6. The van der Waals surface area contributed by atoms with Gasteiger partial charge in [0.25, 0.3) is 0 Å². The minimum Gasteiger partial charge on any atom is -0.462 e. The fourth-order valence-corrected chi connectivity index (χ4v) is 12.5. The molecule has 7 fully saturated rings. The van der Waals surface area contributed by atoms with Crippen LogP contribution in [0.3, 0.4) is 0 Å². The Hall–Kier alpha value is -1.30. The van der Waals surface area contributed by atoms with Crippen LogP contribution in [0.5, 0.6) is 0 Å². The molecule has 2 N–H and O–H groups in total. The maximum Gasteiger partial charge on any atom is 0.311 e. The summed E-state index contributed by atoms with van der Waals surface area (Å²) in [6.45, 7) is 20.8. The van der Waals surface area contributed by atoms with Crippen molar-refractivity contribution in [1.29, 1.82) is 0 Å². The normalized spacial score (nSPS) is 49.7. The average Bonchev–Trinajstić information content (AvgIpc) is 3.53. The van der Waals surface area contributed by atoms with Gasteiger partial charge in [-0.15, -0.1) is 0 Å². The summed E-state index contributed by atoms with van der Waals surface area (Å²) in [7, 11) is 0. The summed E-state index contributed by atoms with van der Waals surface area (Å²) in [6.07, 6.45) is 4.90. The molecule has 17 atom stereocenters. The number of hydrogen-bond acceptors (Lipinski definition) is 10. The SMILES string of the molecule is C[C@@H]1CC[C@@]2(OC1)O[C@H]1C[C@H]3[C@@H]4CC[C@H]5C[C@@H](O[C@@H]6O[C@H](COC(=O)C(C)(C)C)[C@@H](O)[C@H](OC(=O)C(C)(C)C)[C@H]6O)CC[C@]5(C)[C@H]4CC[C@]3(C)[C@H]1[C@@H]2C. The van der Waals surface area contributed by atoms with E-state index in [1.54, 1.807) is 41.5 Å². The summed E-state index contributed by atoms with van der Waals surface area (Å²) in [5, 5.41) is 22.7. The molecule has 3 saturated heterocycles. The zero-order chi connectivity index (χ0) is 38.5. The van der Waals surface area contributed by atoms with E-state index in [1.165, 1.54) is 25.7 Å². The Kier molecular flexibility index (Phi) is 10.5. The van der Waals surface area contributed by atoms with Crippen molar-refractivity contribution in [3.8, 4) is 0 Å². The van der Waals surface area contributed by atoms with Crippen LogP contribution in [-0.2, 0) is 38.0 Å². The average molecular weight is 747 g/mol. The van der Waals surface area contributed by atoms with Gasteiger partial charge >= 0.3 is 11.9 Å². The van der Waals surface area contributed by atoms with E-state index in [1.807, 2.05) is 0 Å². The summed E-state index contributed by atoms with van der Waals surface area (Å²) < 4.78 is 37.5. The molecule has 0 aromatic carbocycles. The van der Waals surface area contributed by atoms with Crippen molar-refractivity contribution in [2.24, 2.45) is 63.1 Å². The molecule has 0 amide bonds. The van der Waals surface area contributed by atoms with Gasteiger partial charge in [-0.3, -0.25) is 9.59 Å². The van der Waals surface area contributed by atoms with Gasteiger partial charge < -0.3 is 38.6 Å². The summed E-state index contributed by atoms with van der Waals surface area (Å²) in [6, 6.07) is 0. The number of hydrogen-bond donors (Lipinski definition) is 2. The number of fused-ring (bicyclic) bond motifs is 7. The van der Waals surface area contributed by atoms with Gasteiger partial charge in [-0.1, -0.05) is 27.7 Å². The maximum atomic E-state index is 13.0. The Bertz CT molecular complexity index is 1360. The highest BCUT2D eigenvalue weighted by Crippen LogP contribution is 2.71. The van der Waals surface area contributed by atoms with Gasteiger partial charge in [0, 0.05) is 12.3 Å².